The molecule has 1 aromatic carbocycles. The molecule has 1 aromatic rings. The molecule has 1 saturated carbocycles. The van der Waals surface area contributed by atoms with Crippen LogP contribution in [0.5, 0.6) is 0 Å². The molecule has 0 aliphatic heterocycles. The van der Waals surface area contributed by atoms with Crippen molar-refractivity contribution < 1.29 is 62.9 Å². The van der Waals surface area contributed by atoms with Crippen LogP contribution in [0.2, 0.25) is 0 Å². The number of carbonyl (C=O) groups is 1. The van der Waals surface area contributed by atoms with E-state index in [9.17, 15) is 58.2 Å². The minimum absolute atomic E-state index is 0.269. The summed E-state index contributed by atoms with van der Waals surface area (Å²) in [6.07, 6.45) is -2.92. The molecular formula is C17H13F11O3. The van der Waals surface area contributed by atoms with Gasteiger partial charge in [0.25, 0.3) is 5.67 Å². The topological polar surface area (TPSA) is 46.5 Å². The maximum atomic E-state index is 15.0. The Kier molecular flexibility index (Phi) is 5.42. The minimum atomic E-state index is -7.35. The summed E-state index contributed by atoms with van der Waals surface area (Å²) in [5.41, 5.74) is -11.5. The molecule has 0 spiro atoms. The van der Waals surface area contributed by atoms with Crippen LogP contribution in [0.3, 0.4) is 0 Å². The highest BCUT2D eigenvalue weighted by Gasteiger charge is 3.01. The van der Waals surface area contributed by atoms with Crippen LogP contribution in [0, 0.1) is 0 Å². The van der Waals surface area contributed by atoms with Crippen molar-refractivity contribution in [2.24, 2.45) is 0 Å². The SMILES string of the molecule is COC(=O)c1ccccc1C(C)(O)CC1(F)C(F)(F)C(F)(F)C(F)(F)C(F)(F)C1(F)F. The number of hydrogen-bond donors (Lipinski definition) is 1. The van der Waals surface area contributed by atoms with E-state index in [4.69, 9.17) is 0 Å². The first-order valence-electron chi connectivity index (χ1n) is 8.15. The summed E-state index contributed by atoms with van der Waals surface area (Å²) in [5, 5.41) is 10.4. The second-order valence-corrected chi connectivity index (χ2v) is 7.16. The van der Waals surface area contributed by atoms with E-state index in [0.29, 0.717) is 6.07 Å². The highest BCUT2D eigenvalue weighted by atomic mass is 19.4. The van der Waals surface area contributed by atoms with Crippen LogP contribution >= 0.6 is 0 Å². The number of benzene rings is 1. The van der Waals surface area contributed by atoms with Gasteiger partial charge in [-0.3, -0.25) is 0 Å². The van der Waals surface area contributed by atoms with Gasteiger partial charge in [-0.25, -0.2) is 9.18 Å². The maximum absolute atomic E-state index is 15.0. The summed E-state index contributed by atoms with van der Waals surface area (Å²) in [4.78, 5) is 11.7. The fourth-order valence-corrected chi connectivity index (χ4v) is 3.32. The summed E-state index contributed by atoms with van der Waals surface area (Å²) >= 11 is 0. The first-order valence-corrected chi connectivity index (χ1v) is 8.15. The minimum Gasteiger partial charge on any atom is -0.465 e. The van der Waals surface area contributed by atoms with Crippen LogP contribution in [0.1, 0.15) is 29.3 Å². The summed E-state index contributed by atoms with van der Waals surface area (Å²) in [5.74, 6) is -37.4. The summed E-state index contributed by atoms with van der Waals surface area (Å²) in [6.45, 7) is 0.269. The third-order valence-electron chi connectivity index (χ3n) is 5.07. The monoisotopic (exact) mass is 474 g/mol. The summed E-state index contributed by atoms with van der Waals surface area (Å²) < 4.78 is 157. The molecule has 1 atom stereocenters. The zero-order valence-electron chi connectivity index (χ0n) is 15.4. The van der Waals surface area contributed by atoms with E-state index >= 15 is 0 Å². The molecule has 0 saturated heterocycles. The predicted octanol–water partition coefficient (Wildman–Crippen LogP) is 4.97. The zero-order chi connectivity index (χ0) is 24.5. The van der Waals surface area contributed by atoms with Crippen molar-refractivity contribution in [2.75, 3.05) is 7.11 Å². The standard InChI is InChI=1S/C17H13F11O3/c1-11(30,9-6-4-3-5-8(9)10(29)31-2)7-12(18)13(19,20)15(23,24)17(27,28)16(25,26)14(12,21)22/h3-6,30H,7H2,1-2H3. The Bertz CT molecular complexity index is 850. The van der Waals surface area contributed by atoms with E-state index in [2.05, 4.69) is 4.74 Å². The van der Waals surface area contributed by atoms with E-state index in [-0.39, 0.29) is 6.92 Å². The fraction of sp³-hybridized carbons (Fsp3) is 0.588. The third kappa shape index (κ3) is 2.85. The second-order valence-electron chi connectivity index (χ2n) is 7.16. The lowest BCUT2D eigenvalue weighted by Crippen LogP contribution is -2.84. The van der Waals surface area contributed by atoms with E-state index in [1.165, 1.54) is 0 Å². The molecule has 0 radical (unpaired) electrons. The molecule has 1 unspecified atom stereocenters. The number of ether oxygens (including phenoxy) is 1. The van der Waals surface area contributed by atoms with Crippen molar-refractivity contribution >= 4 is 5.97 Å². The highest BCUT2D eigenvalue weighted by molar-refractivity contribution is 5.91. The van der Waals surface area contributed by atoms with Crippen LogP contribution in [0.4, 0.5) is 48.3 Å². The molecule has 1 aliphatic carbocycles. The van der Waals surface area contributed by atoms with Crippen molar-refractivity contribution in [1.82, 2.24) is 0 Å². The van der Waals surface area contributed by atoms with Gasteiger partial charge in [-0.15, -0.1) is 0 Å². The Hall–Kier alpha value is -2.12. The number of esters is 1. The van der Waals surface area contributed by atoms with Gasteiger partial charge in [-0.1, -0.05) is 18.2 Å². The van der Waals surface area contributed by atoms with Gasteiger partial charge in [-0.05, 0) is 18.6 Å². The van der Waals surface area contributed by atoms with Crippen LogP contribution in [0.25, 0.3) is 0 Å². The molecular weight excluding hydrogens is 461 g/mol. The zero-order valence-corrected chi connectivity index (χ0v) is 15.4. The maximum Gasteiger partial charge on any atom is 0.384 e. The molecule has 0 aromatic heterocycles. The van der Waals surface area contributed by atoms with Gasteiger partial charge >= 0.3 is 35.6 Å². The summed E-state index contributed by atoms with van der Waals surface area (Å²) in [7, 11) is 0.789. The van der Waals surface area contributed by atoms with Crippen molar-refractivity contribution in [3.63, 3.8) is 0 Å². The number of alkyl halides is 11. The van der Waals surface area contributed by atoms with Crippen LogP contribution < -0.4 is 0 Å². The van der Waals surface area contributed by atoms with Crippen molar-refractivity contribution in [2.45, 2.75) is 54.2 Å². The molecule has 14 heteroatoms. The van der Waals surface area contributed by atoms with Crippen molar-refractivity contribution in [3.8, 4) is 0 Å². The Morgan fingerprint density at radius 1 is 0.839 bits per heavy atom. The quantitative estimate of drug-likeness (QED) is 0.496. The smallest absolute Gasteiger partial charge is 0.384 e. The average Bonchev–Trinajstić information content (AvgIpc) is 2.65. The molecule has 2 rings (SSSR count). The lowest BCUT2D eigenvalue weighted by atomic mass is 9.67. The number of hydrogen-bond acceptors (Lipinski definition) is 3. The third-order valence-corrected chi connectivity index (χ3v) is 5.07. The molecule has 1 aliphatic rings. The van der Waals surface area contributed by atoms with Crippen LogP contribution in [-0.2, 0) is 10.3 Å². The van der Waals surface area contributed by atoms with Gasteiger partial charge in [0.2, 0.25) is 0 Å². The molecule has 0 amide bonds. The highest BCUT2D eigenvalue weighted by Crippen LogP contribution is 2.71. The Balaban J connectivity index is 2.76. The fourth-order valence-electron chi connectivity index (χ4n) is 3.32. The van der Waals surface area contributed by atoms with E-state index in [0.717, 1.165) is 25.3 Å². The summed E-state index contributed by atoms with van der Waals surface area (Å²) in [6, 6.07) is 3.56. The van der Waals surface area contributed by atoms with E-state index in [1.54, 1.807) is 0 Å². The average molecular weight is 474 g/mol. The van der Waals surface area contributed by atoms with Crippen molar-refractivity contribution in [1.29, 1.82) is 0 Å². The van der Waals surface area contributed by atoms with Gasteiger partial charge in [0.05, 0.1) is 18.3 Å². The predicted molar refractivity (Wildman–Crippen MR) is 80.5 cm³/mol. The number of halogens is 11. The normalized spacial score (nSPS) is 26.5. The lowest BCUT2D eigenvalue weighted by Gasteiger charge is -2.53. The van der Waals surface area contributed by atoms with Crippen LogP contribution in [-0.4, -0.2) is 53.5 Å². The van der Waals surface area contributed by atoms with E-state index in [1.807, 2.05) is 0 Å². The number of methoxy groups -OCH3 is 1. The molecule has 3 nitrogen and oxygen atoms in total. The van der Waals surface area contributed by atoms with Gasteiger partial charge < -0.3 is 9.84 Å². The second kappa shape index (κ2) is 6.69. The lowest BCUT2D eigenvalue weighted by molar-refractivity contribution is -0.488. The van der Waals surface area contributed by atoms with E-state index < -0.39 is 64.4 Å². The first kappa shape index (κ1) is 25.1. The largest absolute Gasteiger partial charge is 0.465 e. The number of carbonyl (C=O) groups excluding carboxylic acids is 1. The molecule has 0 bridgehead atoms. The van der Waals surface area contributed by atoms with Gasteiger partial charge in [-0.2, -0.15) is 43.9 Å². The first-order chi connectivity index (χ1) is 13.7. The molecule has 0 heterocycles. The molecule has 1 N–H and O–H groups in total. The number of rotatable bonds is 4. The molecule has 1 fully saturated rings. The molecule has 176 valence electrons. The Morgan fingerprint density at radius 2 is 1.23 bits per heavy atom. The van der Waals surface area contributed by atoms with Crippen LogP contribution in [0.15, 0.2) is 24.3 Å². The number of aliphatic hydroxyl groups is 1. The van der Waals surface area contributed by atoms with Gasteiger partial charge in [0, 0.05) is 6.42 Å². The molecule has 31 heavy (non-hydrogen) atoms. The van der Waals surface area contributed by atoms with Gasteiger partial charge in [0.15, 0.2) is 0 Å². The Labute approximate surface area is 166 Å². The van der Waals surface area contributed by atoms with Gasteiger partial charge in [0.1, 0.15) is 0 Å². The Morgan fingerprint density at radius 3 is 1.65 bits per heavy atom. The van der Waals surface area contributed by atoms with Crippen molar-refractivity contribution in [3.05, 3.63) is 35.4 Å².